The molecule has 0 amide bonds. The molecule has 0 aromatic heterocycles. The highest BCUT2D eigenvalue weighted by atomic mass is 16.5. The van der Waals surface area contributed by atoms with Crippen molar-refractivity contribution in [1.29, 1.82) is 0 Å². The van der Waals surface area contributed by atoms with Crippen LogP contribution in [0.2, 0.25) is 0 Å². The zero-order chi connectivity index (χ0) is 13.5. The highest BCUT2D eigenvalue weighted by Gasteiger charge is 2.47. The summed E-state index contributed by atoms with van der Waals surface area (Å²) in [6, 6.07) is 0. The molecule has 2 heterocycles. The molecule has 3 fully saturated rings. The summed E-state index contributed by atoms with van der Waals surface area (Å²) in [5, 5.41) is 9.44. The molecule has 1 spiro atoms. The molecule has 4 nitrogen and oxygen atoms in total. The van der Waals surface area contributed by atoms with Gasteiger partial charge in [-0.25, -0.2) is 0 Å². The summed E-state index contributed by atoms with van der Waals surface area (Å²) in [5.41, 5.74) is -0.515. The predicted octanol–water partition coefficient (Wildman–Crippen LogP) is 2.42. The summed E-state index contributed by atoms with van der Waals surface area (Å²) in [7, 11) is 0. The predicted molar refractivity (Wildman–Crippen MR) is 72.2 cm³/mol. The second kappa shape index (κ2) is 4.74. The van der Waals surface area contributed by atoms with Crippen LogP contribution in [0.15, 0.2) is 0 Å². The van der Waals surface area contributed by atoms with Crippen LogP contribution in [0.4, 0.5) is 0 Å². The van der Waals surface area contributed by atoms with E-state index in [9.17, 15) is 9.90 Å². The van der Waals surface area contributed by atoms with Crippen molar-refractivity contribution in [3.63, 3.8) is 0 Å². The van der Waals surface area contributed by atoms with E-state index in [2.05, 4.69) is 4.90 Å². The molecular formula is C15H25NO3. The van der Waals surface area contributed by atoms with Crippen molar-refractivity contribution in [3.05, 3.63) is 0 Å². The smallest absolute Gasteiger partial charge is 0.323 e. The molecule has 0 bridgehead atoms. The Kier molecular flexibility index (Phi) is 3.34. The minimum atomic E-state index is -0.682. The minimum Gasteiger partial charge on any atom is -0.480 e. The maximum atomic E-state index is 11.5. The van der Waals surface area contributed by atoms with Crippen LogP contribution in [0.3, 0.4) is 0 Å². The van der Waals surface area contributed by atoms with Crippen LogP contribution in [0.5, 0.6) is 0 Å². The Morgan fingerprint density at radius 3 is 2.68 bits per heavy atom. The lowest BCUT2D eigenvalue weighted by molar-refractivity contribution is -0.150. The highest BCUT2D eigenvalue weighted by molar-refractivity contribution is 5.78. The minimum absolute atomic E-state index is 0.157. The molecule has 1 aliphatic carbocycles. The van der Waals surface area contributed by atoms with Crippen molar-refractivity contribution >= 4 is 5.97 Å². The number of carboxylic acid groups (broad SMARTS) is 1. The fraction of sp³-hybridized carbons (Fsp3) is 0.933. The lowest BCUT2D eigenvalue weighted by Gasteiger charge is -2.33. The van der Waals surface area contributed by atoms with Crippen molar-refractivity contribution in [3.8, 4) is 0 Å². The standard InChI is InChI=1S/C15H25NO3/c1-14(13(17)18)6-4-10-16(14)11-12-5-9-15(19-12)7-2-3-8-15/h12H,2-11H2,1H3,(H,17,18). The number of rotatable bonds is 3. The van der Waals surface area contributed by atoms with Gasteiger partial charge in [0, 0.05) is 6.54 Å². The number of hydrogen-bond donors (Lipinski definition) is 1. The molecule has 4 heteroatoms. The average molecular weight is 267 g/mol. The van der Waals surface area contributed by atoms with Gasteiger partial charge in [-0.05, 0) is 52.0 Å². The van der Waals surface area contributed by atoms with Gasteiger partial charge in [-0.1, -0.05) is 12.8 Å². The molecule has 19 heavy (non-hydrogen) atoms. The Labute approximate surface area is 115 Å². The summed E-state index contributed by atoms with van der Waals surface area (Å²) in [4.78, 5) is 13.6. The fourth-order valence-corrected chi connectivity index (χ4v) is 4.21. The van der Waals surface area contributed by atoms with E-state index < -0.39 is 11.5 Å². The Morgan fingerprint density at radius 1 is 1.26 bits per heavy atom. The highest BCUT2D eigenvalue weighted by Crippen LogP contribution is 2.44. The van der Waals surface area contributed by atoms with E-state index in [0.29, 0.717) is 0 Å². The van der Waals surface area contributed by atoms with Gasteiger partial charge >= 0.3 is 5.97 Å². The van der Waals surface area contributed by atoms with E-state index in [1.165, 1.54) is 32.1 Å². The van der Waals surface area contributed by atoms with Crippen molar-refractivity contribution in [2.45, 2.75) is 75.5 Å². The Balaban J connectivity index is 1.61. The third kappa shape index (κ3) is 2.29. The van der Waals surface area contributed by atoms with E-state index in [0.717, 1.165) is 32.4 Å². The summed E-state index contributed by atoms with van der Waals surface area (Å²) in [5.74, 6) is -0.682. The van der Waals surface area contributed by atoms with Crippen LogP contribution in [0.1, 0.15) is 58.3 Å². The first-order chi connectivity index (χ1) is 9.04. The van der Waals surface area contributed by atoms with Crippen LogP contribution >= 0.6 is 0 Å². The van der Waals surface area contributed by atoms with E-state index in [-0.39, 0.29) is 11.7 Å². The van der Waals surface area contributed by atoms with E-state index in [1.54, 1.807) is 0 Å². The second-order valence-electron chi connectivity index (χ2n) is 6.80. The Bertz CT molecular complexity index is 364. The Morgan fingerprint density at radius 2 is 2.00 bits per heavy atom. The van der Waals surface area contributed by atoms with E-state index in [1.807, 2.05) is 6.92 Å². The number of ether oxygens (including phenoxy) is 1. The van der Waals surface area contributed by atoms with Crippen LogP contribution in [-0.2, 0) is 9.53 Å². The quantitative estimate of drug-likeness (QED) is 0.853. The molecule has 1 saturated carbocycles. The van der Waals surface area contributed by atoms with Gasteiger partial charge in [-0.2, -0.15) is 0 Å². The van der Waals surface area contributed by atoms with Gasteiger partial charge in [0.1, 0.15) is 5.54 Å². The average Bonchev–Trinajstić information content (AvgIpc) is 3.06. The number of carboxylic acids is 1. The van der Waals surface area contributed by atoms with Crippen LogP contribution in [0.25, 0.3) is 0 Å². The van der Waals surface area contributed by atoms with Crippen LogP contribution in [0, 0.1) is 0 Å². The molecule has 3 aliphatic rings. The van der Waals surface area contributed by atoms with Crippen molar-refractivity contribution in [2.24, 2.45) is 0 Å². The normalized spacial score (nSPS) is 38.3. The van der Waals surface area contributed by atoms with E-state index >= 15 is 0 Å². The zero-order valence-electron chi connectivity index (χ0n) is 11.9. The van der Waals surface area contributed by atoms with Gasteiger partial charge < -0.3 is 9.84 Å². The number of carbonyl (C=O) groups is 1. The maximum Gasteiger partial charge on any atom is 0.323 e. The molecule has 2 atom stereocenters. The second-order valence-corrected chi connectivity index (χ2v) is 6.80. The third-order valence-corrected chi connectivity index (χ3v) is 5.53. The monoisotopic (exact) mass is 267 g/mol. The SMILES string of the molecule is CC1(C(=O)O)CCCN1CC1CCC2(CCCC2)O1. The van der Waals surface area contributed by atoms with Gasteiger partial charge in [-0.3, -0.25) is 9.69 Å². The summed E-state index contributed by atoms with van der Waals surface area (Å²) < 4.78 is 6.31. The number of nitrogens with zero attached hydrogens (tertiary/aromatic N) is 1. The number of hydrogen-bond acceptors (Lipinski definition) is 3. The molecule has 108 valence electrons. The van der Waals surface area contributed by atoms with Gasteiger partial charge in [0.15, 0.2) is 0 Å². The van der Waals surface area contributed by atoms with Crippen molar-refractivity contribution in [2.75, 3.05) is 13.1 Å². The molecule has 3 rings (SSSR count). The van der Waals surface area contributed by atoms with Crippen molar-refractivity contribution < 1.29 is 14.6 Å². The maximum absolute atomic E-state index is 11.5. The van der Waals surface area contributed by atoms with Crippen LogP contribution < -0.4 is 0 Å². The van der Waals surface area contributed by atoms with Crippen LogP contribution in [-0.4, -0.2) is 46.3 Å². The van der Waals surface area contributed by atoms with E-state index in [4.69, 9.17) is 4.74 Å². The molecule has 2 unspecified atom stereocenters. The summed E-state index contributed by atoms with van der Waals surface area (Å²) in [6.45, 7) is 3.56. The molecule has 0 radical (unpaired) electrons. The molecule has 2 aliphatic heterocycles. The van der Waals surface area contributed by atoms with Gasteiger partial charge in [0.05, 0.1) is 11.7 Å². The lowest BCUT2D eigenvalue weighted by Crippen LogP contribution is -2.50. The van der Waals surface area contributed by atoms with Gasteiger partial charge in [0.2, 0.25) is 0 Å². The molecule has 2 saturated heterocycles. The summed E-state index contributed by atoms with van der Waals surface area (Å²) in [6.07, 6.45) is 9.28. The van der Waals surface area contributed by atoms with Gasteiger partial charge in [-0.15, -0.1) is 0 Å². The zero-order valence-corrected chi connectivity index (χ0v) is 11.9. The molecular weight excluding hydrogens is 242 g/mol. The largest absolute Gasteiger partial charge is 0.480 e. The molecule has 0 aromatic carbocycles. The fourth-order valence-electron chi connectivity index (χ4n) is 4.21. The molecule has 0 aromatic rings. The number of aliphatic carboxylic acids is 1. The van der Waals surface area contributed by atoms with Gasteiger partial charge in [0.25, 0.3) is 0 Å². The first kappa shape index (κ1) is 13.4. The topological polar surface area (TPSA) is 49.8 Å². The molecule has 1 N–H and O–H groups in total. The lowest BCUT2D eigenvalue weighted by atomic mass is 9.97. The van der Waals surface area contributed by atoms with Crippen molar-refractivity contribution in [1.82, 2.24) is 4.90 Å². The third-order valence-electron chi connectivity index (χ3n) is 5.53. The summed E-state index contributed by atoms with van der Waals surface area (Å²) >= 11 is 0. The first-order valence-electron chi connectivity index (χ1n) is 7.70. The first-order valence-corrected chi connectivity index (χ1v) is 7.70. The Hall–Kier alpha value is -0.610. The number of likely N-dealkylation sites (tertiary alicyclic amines) is 1.